The molecule has 1 saturated carbocycles. The molecule has 1 aliphatic heterocycles. The van der Waals surface area contributed by atoms with E-state index in [2.05, 4.69) is 41.6 Å². The molecule has 1 saturated heterocycles. The third-order valence-corrected chi connectivity index (χ3v) is 6.04. The highest BCUT2D eigenvalue weighted by molar-refractivity contribution is 7.15. The summed E-state index contributed by atoms with van der Waals surface area (Å²) >= 11 is 1.49. The lowest BCUT2D eigenvalue weighted by molar-refractivity contribution is -0.128. The van der Waals surface area contributed by atoms with Crippen LogP contribution in [0.5, 0.6) is 0 Å². The first kappa shape index (κ1) is 17.6. The molecular weight excluding hydrogens is 320 g/mol. The lowest BCUT2D eigenvalue weighted by Gasteiger charge is -2.36. The molecule has 2 heterocycles. The van der Waals surface area contributed by atoms with Gasteiger partial charge in [0.25, 0.3) is 0 Å². The van der Waals surface area contributed by atoms with Gasteiger partial charge in [-0.15, -0.1) is 22.6 Å². The summed E-state index contributed by atoms with van der Waals surface area (Å²) in [7, 11) is 0. The van der Waals surface area contributed by atoms with Crippen molar-refractivity contribution in [2.45, 2.75) is 51.9 Å². The van der Waals surface area contributed by atoms with Gasteiger partial charge in [-0.25, -0.2) is 0 Å². The summed E-state index contributed by atoms with van der Waals surface area (Å²) in [6.45, 7) is 8.09. The fraction of sp³-hybridized carbons (Fsp3) is 0.800. The minimum atomic E-state index is -0.230. The maximum absolute atomic E-state index is 12.8. The van der Waals surface area contributed by atoms with E-state index in [1.54, 1.807) is 0 Å². The van der Waals surface area contributed by atoms with Gasteiger partial charge in [0.1, 0.15) is 5.01 Å². The minimum absolute atomic E-state index is 0. The third-order valence-electron chi connectivity index (χ3n) is 4.78. The Labute approximate surface area is 142 Å². The van der Waals surface area contributed by atoms with Crippen LogP contribution in [0.3, 0.4) is 0 Å². The van der Waals surface area contributed by atoms with Crippen molar-refractivity contribution in [2.75, 3.05) is 18.4 Å². The van der Waals surface area contributed by atoms with Crippen LogP contribution in [0.1, 0.15) is 51.5 Å². The summed E-state index contributed by atoms with van der Waals surface area (Å²) in [6.07, 6.45) is 4.54. The molecule has 0 radical (unpaired) electrons. The minimum Gasteiger partial charge on any atom is -0.315 e. The first-order valence-electron chi connectivity index (χ1n) is 7.78. The fourth-order valence-corrected chi connectivity index (χ4v) is 4.29. The Kier molecular flexibility index (Phi) is 5.14. The summed E-state index contributed by atoms with van der Waals surface area (Å²) in [5.74, 6) is 0.607. The Balaban J connectivity index is 0.00000176. The van der Waals surface area contributed by atoms with Crippen molar-refractivity contribution >= 4 is 34.8 Å². The number of fused-ring (bicyclic) bond motifs is 1. The van der Waals surface area contributed by atoms with Crippen LogP contribution in [0.25, 0.3) is 0 Å². The smallest absolute Gasteiger partial charge is 0.234 e. The molecule has 124 valence electrons. The molecule has 1 aromatic rings. The monoisotopic (exact) mass is 344 g/mol. The maximum Gasteiger partial charge on any atom is 0.234 e. The third kappa shape index (κ3) is 3.14. The highest BCUT2D eigenvalue weighted by Gasteiger charge is 2.50. The van der Waals surface area contributed by atoms with E-state index in [9.17, 15) is 4.79 Å². The lowest BCUT2D eigenvalue weighted by atomic mass is 9.68. The van der Waals surface area contributed by atoms with Crippen LogP contribution in [-0.4, -0.2) is 29.2 Å². The number of aromatic nitrogens is 2. The van der Waals surface area contributed by atoms with Crippen LogP contribution >= 0.6 is 23.7 Å². The molecule has 2 aliphatic rings. The molecule has 0 bridgehead atoms. The second-order valence-corrected chi connectivity index (χ2v) is 8.32. The predicted molar refractivity (Wildman–Crippen MR) is 91.7 cm³/mol. The Hall–Kier alpha value is -0.720. The lowest BCUT2D eigenvalue weighted by Crippen LogP contribution is -2.44. The van der Waals surface area contributed by atoms with E-state index in [0.717, 1.165) is 37.4 Å². The van der Waals surface area contributed by atoms with Crippen molar-refractivity contribution in [3.8, 4) is 0 Å². The molecule has 1 amide bonds. The van der Waals surface area contributed by atoms with Crippen molar-refractivity contribution in [2.24, 2.45) is 11.3 Å². The quantitative estimate of drug-likeness (QED) is 0.865. The molecular formula is C15H25ClN4OS. The standard InChI is InChI=1S/C15H24N4OS.ClH/c1-14(2,3)12-18-19-13(21-12)17-11(20)15-7-5-4-6-10(15)8-16-9-15;/h10,16H,4-9H2,1-3H3,(H,17,19,20);1H/t10-,15+;/m0./s1. The number of nitrogens with zero attached hydrogens (tertiary/aromatic N) is 2. The highest BCUT2D eigenvalue weighted by atomic mass is 35.5. The number of carbonyl (C=O) groups excluding carboxylic acids is 1. The summed E-state index contributed by atoms with van der Waals surface area (Å²) in [4.78, 5) is 12.8. The fourth-order valence-electron chi connectivity index (χ4n) is 3.49. The molecule has 3 rings (SSSR count). The van der Waals surface area contributed by atoms with Gasteiger partial charge in [-0.05, 0) is 25.3 Å². The van der Waals surface area contributed by atoms with Crippen LogP contribution < -0.4 is 10.6 Å². The molecule has 7 heteroatoms. The predicted octanol–water partition coefficient (Wildman–Crippen LogP) is 2.98. The largest absolute Gasteiger partial charge is 0.315 e. The number of hydrogen-bond donors (Lipinski definition) is 2. The van der Waals surface area contributed by atoms with Gasteiger partial charge in [-0.2, -0.15) is 0 Å². The van der Waals surface area contributed by atoms with Crippen molar-refractivity contribution in [1.82, 2.24) is 15.5 Å². The zero-order valence-electron chi connectivity index (χ0n) is 13.4. The van der Waals surface area contributed by atoms with Gasteiger partial charge in [0.15, 0.2) is 0 Å². The van der Waals surface area contributed by atoms with Crippen molar-refractivity contribution in [1.29, 1.82) is 0 Å². The molecule has 2 fully saturated rings. The summed E-state index contributed by atoms with van der Waals surface area (Å²) in [6, 6.07) is 0. The molecule has 22 heavy (non-hydrogen) atoms. The van der Waals surface area contributed by atoms with E-state index in [1.165, 1.54) is 17.8 Å². The van der Waals surface area contributed by atoms with E-state index in [0.29, 0.717) is 11.0 Å². The average molecular weight is 345 g/mol. The Morgan fingerprint density at radius 2 is 2.14 bits per heavy atom. The van der Waals surface area contributed by atoms with Crippen molar-refractivity contribution < 1.29 is 4.79 Å². The van der Waals surface area contributed by atoms with Gasteiger partial charge in [0.2, 0.25) is 11.0 Å². The zero-order valence-corrected chi connectivity index (χ0v) is 15.1. The number of anilines is 1. The summed E-state index contributed by atoms with van der Waals surface area (Å²) in [5.41, 5.74) is -0.257. The number of carbonyl (C=O) groups is 1. The van der Waals surface area contributed by atoms with Gasteiger partial charge in [-0.3, -0.25) is 10.1 Å². The Bertz CT molecular complexity index is 542. The van der Waals surface area contributed by atoms with Gasteiger partial charge < -0.3 is 5.32 Å². The zero-order chi connectivity index (χ0) is 15.1. The Morgan fingerprint density at radius 3 is 2.82 bits per heavy atom. The van der Waals surface area contributed by atoms with Crippen LogP contribution in [-0.2, 0) is 10.2 Å². The van der Waals surface area contributed by atoms with Crippen LogP contribution in [0, 0.1) is 11.3 Å². The highest BCUT2D eigenvalue weighted by Crippen LogP contribution is 2.44. The summed E-state index contributed by atoms with van der Waals surface area (Å²) < 4.78 is 0. The van der Waals surface area contributed by atoms with Gasteiger partial charge in [0.05, 0.1) is 5.41 Å². The second-order valence-electron chi connectivity index (χ2n) is 7.35. The maximum atomic E-state index is 12.8. The molecule has 2 N–H and O–H groups in total. The SMILES string of the molecule is CC(C)(C)c1nnc(NC(=O)[C@@]23CCCC[C@H]2CNC3)s1.Cl. The number of halogens is 1. The van der Waals surface area contributed by atoms with E-state index in [4.69, 9.17) is 0 Å². The van der Waals surface area contributed by atoms with E-state index >= 15 is 0 Å². The first-order chi connectivity index (χ1) is 9.92. The van der Waals surface area contributed by atoms with Gasteiger partial charge >= 0.3 is 0 Å². The summed E-state index contributed by atoms with van der Waals surface area (Å²) in [5, 5.41) is 16.4. The molecule has 1 aromatic heterocycles. The van der Waals surface area contributed by atoms with Gasteiger partial charge in [-0.1, -0.05) is 44.9 Å². The van der Waals surface area contributed by atoms with E-state index in [1.807, 2.05) is 0 Å². The van der Waals surface area contributed by atoms with Crippen molar-refractivity contribution in [3.05, 3.63) is 5.01 Å². The number of rotatable bonds is 2. The molecule has 0 spiro atoms. The van der Waals surface area contributed by atoms with Crippen LogP contribution in [0.4, 0.5) is 5.13 Å². The van der Waals surface area contributed by atoms with E-state index < -0.39 is 0 Å². The van der Waals surface area contributed by atoms with Gasteiger partial charge in [0, 0.05) is 12.0 Å². The number of amides is 1. The molecule has 0 aromatic carbocycles. The number of hydrogen-bond acceptors (Lipinski definition) is 5. The normalized spacial score (nSPS) is 27.9. The number of nitrogens with one attached hydrogen (secondary N) is 2. The van der Waals surface area contributed by atoms with Crippen LogP contribution in [0.2, 0.25) is 0 Å². The molecule has 0 unspecified atom stereocenters. The first-order valence-corrected chi connectivity index (χ1v) is 8.60. The van der Waals surface area contributed by atoms with Crippen molar-refractivity contribution in [3.63, 3.8) is 0 Å². The Morgan fingerprint density at radius 1 is 1.36 bits per heavy atom. The van der Waals surface area contributed by atoms with E-state index in [-0.39, 0.29) is 29.1 Å². The molecule has 2 atom stereocenters. The van der Waals surface area contributed by atoms with Crippen LogP contribution in [0.15, 0.2) is 0 Å². The average Bonchev–Trinajstić information content (AvgIpc) is 3.04. The topological polar surface area (TPSA) is 66.9 Å². The molecule has 5 nitrogen and oxygen atoms in total. The molecule has 1 aliphatic carbocycles. The second kappa shape index (κ2) is 6.42.